The van der Waals surface area contributed by atoms with E-state index in [1.807, 2.05) is 25.3 Å². The third-order valence-corrected chi connectivity index (χ3v) is 2.85. The molecule has 5 nitrogen and oxygen atoms in total. The van der Waals surface area contributed by atoms with Gasteiger partial charge < -0.3 is 14.6 Å². The maximum atomic E-state index is 11.9. The molecule has 5 heteroatoms. The highest BCUT2D eigenvalue weighted by Gasteiger charge is 2.18. The van der Waals surface area contributed by atoms with Crippen LogP contribution in [-0.2, 0) is 17.9 Å². The minimum absolute atomic E-state index is 0.0793. The Hall–Kier alpha value is -1.78. The zero-order valence-corrected chi connectivity index (χ0v) is 12.1. The standard InChI is InChI=1S/C12H16N2O3.C2H6/c1-8-6-11(16)10(7-13-9(2)15)12-14(8)4-3-5-17-12;1-2/h6H,3-5,7H2,1-2H3,(H,13,15);1-2H3. The topological polar surface area (TPSA) is 60.3 Å². The Morgan fingerprint density at radius 1 is 1.47 bits per heavy atom. The van der Waals surface area contributed by atoms with Crippen molar-refractivity contribution in [2.75, 3.05) is 6.61 Å². The molecule has 2 heterocycles. The van der Waals surface area contributed by atoms with Gasteiger partial charge in [0.25, 0.3) is 0 Å². The quantitative estimate of drug-likeness (QED) is 0.884. The van der Waals surface area contributed by atoms with Gasteiger partial charge in [0.2, 0.25) is 11.8 Å². The molecule has 1 amide bonds. The lowest BCUT2D eigenvalue weighted by Gasteiger charge is -2.24. The van der Waals surface area contributed by atoms with Crippen LogP contribution in [0.4, 0.5) is 0 Å². The highest BCUT2D eigenvalue weighted by molar-refractivity contribution is 5.72. The van der Waals surface area contributed by atoms with Crippen LogP contribution in [0.2, 0.25) is 0 Å². The van der Waals surface area contributed by atoms with Crippen LogP contribution in [-0.4, -0.2) is 17.1 Å². The second kappa shape index (κ2) is 6.97. The number of ether oxygens (including phenoxy) is 1. The average Bonchev–Trinajstić information content (AvgIpc) is 2.40. The molecule has 0 saturated heterocycles. The molecule has 19 heavy (non-hydrogen) atoms. The Morgan fingerprint density at radius 2 is 2.16 bits per heavy atom. The predicted octanol–water partition coefficient (Wildman–Crippen LogP) is 1.60. The molecule has 1 aromatic heterocycles. The number of fused-ring (bicyclic) bond motifs is 1. The lowest BCUT2D eigenvalue weighted by Crippen LogP contribution is -2.29. The molecule has 0 atom stereocenters. The van der Waals surface area contributed by atoms with E-state index in [0.717, 1.165) is 18.7 Å². The van der Waals surface area contributed by atoms with Crippen molar-refractivity contribution in [3.8, 4) is 5.88 Å². The normalized spacial score (nSPS) is 12.6. The van der Waals surface area contributed by atoms with E-state index < -0.39 is 0 Å². The van der Waals surface area contributed by atoms with Gasteiger partial charge in [0.15, 0.2) is 5.43 Å². The first-order valence-corrected chi connectivity index (χ1v) is 6.70. The monoisotopic (exact) mass is 266 g/mol. The van der Waals surface area contributed by atoms with E-state index in [1.165, 1.54) is 6.92 Å². The zero-order chi connectivity index (χ0) is 14.4. The number of amides is 1. The number of hydrogen-bond acceptors (Lipinski definition) is 3. The van der Waals surface area contributed by atoms with Crippen LogP contribution in [0.1, 0.15) is 38.4 Å². The Kier molecular flexibility index (Phi) is 5.60. The number of aryl methyl sites for hydroxylation is 1. The van der Waals surface area contributed by atoms with Crippen molar-refractivity contribution in [2.24, 2.45) is 0 Å². The number of rotatable bonds is 2. The van der Waals surface area contributed by atoms with Gasteiger partial charge in [-0.2, -0.15) is 0 Å². The Balaban J connectivity index is 0.000000861. The predicted molar refractivity (Wildman–Crippen MR) is 74.4 cm³/mol. The summed E-state index contributed by atoms with van der Waals surface area (Å²) in [4.78, 5) is 22.8. The summed E-state index contributed by atoms with van der Waals surface area (Å²) in [5, 5.41) is 2.64. The first kappa shape index (κ1) is 15.3. The summed E-state index contributed by atoms with van der Waals surface area (Å²) in [6, 6.07) is 1.59. The number of nitrogens with one attached hydrogen (secondary N) is 1. The van der Waals surface area contributed by atoms with Crippen molar-refractivity contribution >= 4 is 5.91 Å². The van der Waals surface area contributed by atoms with Crippen molar-refractivity contribution in [3.05, 3.63) is 27.5 Å². The van der Waals surface area contributed by atoms with Crippen molar-refractivity contribution in [1.29, 1.82) is 0 Å². The van der Waals surface area contributed by atoms with Crippen molar-refractivity contribution < 1.29 is 9.53 Å². The summed E-state index contributed by atoms with van der Waals surface area (Å²) < 4.78 is 7.55. The van der Waals surface area contributed by atoms with E-state index >= 15 is 0 Å². The van der Waals surface area contributed by atoms with Gasteiger partial charge in [0, 0.05) is 25.2 Å². The second-order valence-corrected chi connectivity index (χ2v) is 4.20. The number of aromatic nitrogens is 1. The van der Waals surface area contributed by atoms with Crippen LogP contribution in [0, 0.1) is 6.92 Å². The van der Waals surface area contributed by atoms with Crippen LogP contribution in [0.25, 0.3) is 0 Å². The molecule has 0 fully saturated rings. The van der Waals surface area contributed by atoms with E-state index in [1.54, 1.807) is 6.07 Å². The van der Waals surface area contributed by atoms with Gasteiger partial charge in [-0.3, -0.25) is 9.59 Å². The lowest BCUT2D eigenvalue weighted by molar-refractivity contribution is -0.119. The van der Waals surface area contributed by atoms with E-state index in [2.05, 4.69) is 5.32 Å². The Labute approximate surface area is 113 Å². The molecule has 106 valence electrons. The second-order valence-electron chi connectivity index (χ2n) is 4.20. The van der Waals surface area contributed by atoms with E-state index in [-0.39, 0.29) is 17.9 Å². The number of pyridine rings is 1. The maximum Gasteiger partial charge on any atom is 0.217 e. The SMILES string of the molecule is CC.CC(=O)NCc1c2n(c(C)cc1=O)CCCO2. The molecular formula is C14H22N2O3. The first-order valence-electron chi connectivity index (χ1n) is 6.70. The minimum Gasteiger partial charge on any atom is -0.478 e. The van der Waals surface area contributed by atoms with Crippen LogP contribution < -0.4 is 15.5 Å². The van der Waals surface area contributed by atoms with Gasteiger partial charge in [-0.25, -0.2) is 0 Å². The first-order chi connectivity index (χ1) is 9.09. The zero-order valence-electron chi connectivity index (χ0n) is 12.1. The summed E-state index contributed by atoms with van der Waals surface area (Å²) in [6.45, 7) is 9.02. The largest absolute Gasteiger partial charge is 0.478 e. The molecule has 0 radical (unpaired) electrons. The minimum atomic E-state index is -0.153. The summed E-state index contributed by atoms with van der Waals surface area (Å²) in [5.41, 5.74) is 1.35. The molecule has 0 saturated carbocycles. The van der Waals surface area contributed by atoms with E-state index in [9.17, 15) is 9.59 Å². The molecule has 0 aromatic carbocycles. The summed E-state index contributed by atoms with van der Waals surface area (Å²) in [5.74, 6) is 0.453. The third kappa shape index (κ3) is 3.59. The van der Waals surface area contributed by atoms with Gasteiger partial charge in [-0.1, -0.05) is 13.8 Å². The van der Waals surface area contributed by atoms with Crippen molar-refractivity contribution in [1.82, 2.24) is 9.88 Å². The number of carbonyl (C=O) groups is 1. The molecule has 1 aliphatic heterocycles. The lowest BCUT2D eigenvalue weighted by atomic mass is 10.2. The maximum absolute atomic E-state index is 11.9. The van der Waals surface area contributed by atoms with Crippen LogP contribution >= 0.6 is 0 Å². The fourth-order valence-electron chi connectivity index (χ4n) is 1.99. The Bertz CT molecular complexity index is 506. The van der Waals surface area contributed by atoms with Gasteiger partial charge >= 0.3 is 0 Å². The fourth-order valence-corrected chi connectivity index (χ4v) is 1.99. The number of carbonyl (C=O) groups excluding carboxylic acids is 1. The molecular weight excluding hydrogens is 244 g/mol. The molecule has 1 aromatic rings. The van der Waals surface area contributed by atoms with Gasteiger partial charge in [-0.15, -0.1) is 0 Å². The molecule has 1 aliphatic rings. The van der Waals surface area contributed by atoms with Gasteiger partial charge in [0.1, 0.15) is 0 Å². The van der Waals surface area contributed by atoms with E-state index in [0.29, 0.717) is 18.1 Å². The van der Waals surface area contributed by atoms with Crippen LogP contribution in [0.3, 0.4) is 0 Å². The van der Waals surface area contributed by atoms with Gasteiger partial charge in [-0.05, 0) is 13.3 Å². The Morgan fingerprint density at radius 3 is 2.79 bits per heavy atom. The number of nitrogens with zero attached hydrogens (tertiary/aromatic N) is 1. The van der Waals surface area contributed by atoms with E-state index in [4.69, 9.17) is 4.74 Å². The number of hydrogen-bond donors (Lipinski definition) is 1. The molecule has 1 N–H and O–H groups in total. The highest BCUT2D eigenvalue weighted by atomic mass is 16.5. The smallest absolute Gasteiger partial charge is 0.217 e. The summed E-state index contributed by atoms with van der Waals surface area (Å²) in [6.07, 6.45) is 0.941. The fraction of sp³-hybridized carbons (Fsp3) is 0.571. The molecule has 0 aliphatic carbocycles. The van der Waals surface area contributed by atoms with Crippen molar-refractivity contribution in [2.45, 2.75) is 47.2 Å². The molecule has 0 spiro atoms. The average molecular weight is 266 g/mol. The molecule has 0 bridgehead atoms. The molecule has 2 rings (SSSR count). The summed E-state index contributed by atoms with van der Waals surface area (Å²) in [7, 11) is 0. The highest BCUT2D eigenvalue weighted by Crippen LogP contribution is 2.21. The van der Waals surface area contributed by atoms with Crippen LogP contribution in [0.15, 0.2) is 10.9 Å². The molecule has 0 unspecified atom stereocenters. The third-order valence-electron chi connectivity index (χ3n) is 2.85. The van der Waals surface area contributed by atoms with Crippen LogP contribution in [0.5, 0.6) is 5.88 Å². The van der Waals surface area contributed by atoms with Gasteiger partial charge in [0.05, 0.1) is 18.7 Å². The van der Waals surface area contributed by atoms with Crippen molar-refractivity contribution in [3.63, 3.8) is 0 Å². The summed E-state index contributed by atoms with van der Waals surface area (Å²) >= 11 is 0.